The fourth-order valence-corrected chi connectivity index (χ4v) is 9.54. The van der Waals surface area contributed by atoms with Crippen LogP contribution in [0.15, 0.2) is 115 Å². The summed E-state index contributed by atoms with van der Waals surface area (Å²) in [6.45, 7) is 2.11. The molecule has 0 aliphatic heterocycles. The highest BCUT2D eigenvalue weighted by Gasteiger charge is 2.43. The lowest BCUT2D eigenvalue weighted by atomic mass is 10.2. The lowest BCUT2D eigenvalue weighted by Gasteiger charge is -2.34. The molecule has 0 N–H and O–H groups in total. The molecule has 0 unspecified atom stereocenters. The van der Waals surface area contributed by atoms with Gasteiger partial charge in [0, 0.05) is 4.49 Å². The van der Waals surface area contributed by atoms with Gasteiger partial charge in [0.05, 0.1) is 0 Å². The van der Waals surface area contributed by atoms with Crippen molar-refractivity contribution in [3.05, 3.63) is 126 Å². The number of hydrogen-bond acceptors (Lipinski definition) is 1. The predicted octanol–water partition coefficient (Wildman–Crippen LogP) is 4.42. The normalized spacial score (nSPS) is 11.2. The average molecular weight is 395 g/mol. The van der Waals surface area contributed by atoms with Crippen molar-refractivity contribution in [2.24, 2.45) is 0 Å². The molecule has 0 bridgehead atoms. The third-order valence-electron chi connectivity index (χ3n) is 5.27. The van der Waals surface area contributed by atoms with E-state index in [2.05, 4.69) is 122 Å². The first-order chi connectivity index (χ1) is 13.7. The van der Waals surface area contributed by atoms with Crippen LogP contribution < -0.4 is 15.6 Å². The molecule has 0 amide bonds. The standard InChI is InChI=1S/C26H22SSi/c1-21-17-19-22(20-18-21)26(27)28(23-11-5-2-6-12-23,24-13-7-3-8-14-24)25-15-9-4-10-16-25/h2-20H,1H3. The van der Waals surface area contributed by atoms with E-state index in [1.807, 2.05) is 0 Å². The van der Waals surface area contributed by atoms with Crippen LogP contribution in [0.4, 0.5) is 0 Å². The van der Waals surface area contributed by atoms with E-state index in [9.17, 15) is 0 Å². The monoisotopic (exact) mass is 394 g/mol. The van der Waals surface area contributed by atoms with Crippen LogP contribution in [0.25, 0.3) is 0 Å². The van der Waals surface area contributed by atoms with Gasteiger partial charge in [-0.05, 0) is 28.0 Å². The Kier molecular flexibility index (Phi) is 5.33. The van der Waals surface area contributed by atoms with Gasteiger partial charge in [-0.3, -0.25) is 0 Å². The first-order valence-corrected chi connectivity index (χ1v) is 11.9. The Hall–Kier alpha value is -2.81. The Morgan fingerprint density at radius 3 is 1.25 bits per heavy atom. The predicted molar refractivity (Wildman–Crippen MR) is 127 cm³/mol. The molecule has 0 radical (unpaired) electrons. The molecule has 0 aliphatic rings. The minimum absolute atomic E-state index is 1.05. The van der Waals surface area contributed by atoms with Crippen molar-refractivity contribution in [2.45, 2.75) is 6.92 Å². The van der Waals surface area contributed by atoms with Crippen LogP contribution in [0.2, 0.25) is 0 Å². The molecule has 0 spiro atoms. The van der Waals surface area contributed by atoms with Crippen molar-refractivity contribution in [3.8, 4) is 0 Å². The third-order valence-corrected chi connectivity index (χ3v) is 11.0. The van der Waals surface area contributed by atoms with Gasteiger partial charge in [-0.1, -0.05) is 133 Å². The summed E-state index contributed by atoms with van der Waals surface area (Å²) in [5, 5.41) is 3.95. The van der Waals surface area contributed by atoms with E-state index in [4.69, 9.17) is 12.2 Å². The van der Waals surface area contributed by atoms with Crippen LogP contribution in [0.3, 0.4) is 0 Å². The molecule has 0 heterocycles. The first-order valence-electron chi connectivity index (χ1n) is 9.51. The van der Waals surface area contributed by atoms with E-state index in [0.717, 1.165) is 10.1 Å². The number of hydrogen-bond donors (Lipinski definition) is 0. The van der Waals surface area contributed by atoms with E-state index in [1.165, 1.54) is 21.1 Å². The van der Waals surface area contributed by atoms with Gasteiger partial charge in [0.2, 0.25) is 0 Å². The summed E-state index contributed by atoms with van der Waals surface area (Å²) in [4.78, 5) is 0. The fourth-order valence-electron chi connectivity index (χ4n) is 3.88. The summed E-state index contributed by atoms with van der Waals surface area (Å²) in [6.07, 6.45) is 0. The molecule has 0 aromatic heterocycles. The molecule has 0 fully saturated rings. The average Bonchev–Trinajstić information content (AvgIpc) is 2.77. The summed E-state index contributed by atoms with van der Waals surface area (Å²) < 4.78 is 1.05. The van der Waals surface area contributed by atoms with Gasteiger partial charge in [0.15, 0.2) is 8.07 Å². The third kappa shape index (κ3) is 3.26. The van der Waals surface area contributed by atoms with Crippen LogP contribution >= 0.6 is 12.2 Å². The van der Waals surface area contributed by atoms with Crippen LogP contribution in [-0.2, 0) is 0 Å². The van der Waals surface area contributed by atoms with Crippen LogP contribution in [-0.4, -0.2) is 12.6 Å². The summed E-state index contributed by atoms with van der Waals surface area (Å²) in [6, 6.07) is 41.1. The Bertz CT molecular complexity index is 959. The molecule has 28 heavy (non-hydrogen) atoms. The molecule has 0 aliphatic carbocycles. The summed E-state index contributed by atoms with van der Waals surface area (Å²) in [7, 11) is -2.55. The Labute approximate surface area is 173 Å². The number of benzene rings is 4. The Morgan fingerprint density at radius 1 is 0.536 bits per heavy atom. The molecule has 4 rings (SSSR count). The van der Waals surface area contributed by atoms with E-state index >= 15 is 0 Å². The molecule has 4 aromatic carbocycles. The minimum Gasteiger partial charge on any atom is -0.0880 e. The van der Waals surface area contributed by atoms with Gasteiger partial charge in [-0.25, -0.2) is 0 Å². The SMILES string of the molecule is Cc1ccc(C(=S)[Si](c2ccccc2)(c2ccccc2)c2ccccc2)cc1. The Morgan fingerprint density at radius 2 is 0.893 bits per heavy atom. The van der Waals surface area contributed by atoms with Gasteiger partial charge in [0.25, 0.3) is 0 Å². The lowest BCUT2D eigenvalue weighted by molar-refractivity contribution is 1.47. The number of aryl methyl sites for hydroxylation is 1. The van der Waals surface area contributed by atoms with E-state index < -0.39 is 8.07 Å². The number of rotatable bonds is 5. The maximum Gasteiger partial charge on any atom is 0.192 e. The van der Waals surface area contributed by atoms with Crippen molar-refractivity contribution >= 4 is 40.3 Å². The minimum atomic E-state index is -2.55. The second kappa shape index (κ2) is 8.05. The molecule has 2 heteroatoms. The highest BCUT2D eigenvalue weighted by atomic mass is 32.1. The molecular weight excluding hydrogens is 372 g/mol. The van der Waals surface area contributed by atoms with Crippen molar-refractivity contribution in [1.29, 1.82) is 0 Å². The second-order valence-corrected chi connectivity index (χ2v) is 11.5. The van der Waals surface area contributed by atoms with E-state index in [-0.39, 0.29) is 0 Å². The lowest BCUT2D eigenvalue weighted by Crippen LogP contribution is -2.72. The van der Waals surface area contributed by atoms with Crippen molar-refractivity contribution in [2.75, 3.05) is 0 Å². The van der Waals surface area contributed by atoms with Gasteiger partial charge in [-0.15, -0.1) is 0 Å². The fraction of sp³-hybridized carbons (Fsp3) is 0.0385. The van der Waals surface area contributed by atoms with Gasteiger partial charge in [0.1, 0.15) is 0 Å². The molecule has 0 saturated carbocycles. The highest BCUT2D eigenvalue weighted by Crippen LogP contribution is 2.17. The summed E-state index contributed by atoms with van der Waals surface area (Å²) >= 11 is 6.31. The zero-order chi connectivity index (χ0) is 19.4. The second-order valence-electron chi connectivity index (χ2n) is 7.04. The topological polar surface area (TPSA) is 0 Å². The number of thiocarbonyl (C=S) groups is 1. The maximum atomic E-state index is 6.31. The van der Waals surface area contributed by atoms with Crippen LogP contribution in [0.5, 0.6) is 0 Å². The van der Waals surface area contributed by atoms with Gasteiger partial charge >= 0.3 is 0 Å². The highest BCUT2D eigenvalue weighted by molar-refractivity contribution is 7.87. The Balaban J connectivity index is 2.07. The van der Waals surface area contributed by atoms with E-state index in [1.54, 1.807) is 0 Å². The first kappa shape index (κ1) is 18.5. The zero-order valence-corrected chi connectivity index (χ0v) is 17.7. The molecular formula is C26H22SSi. The molecule has 4 aromatic rings. The van der Waals surface area contributed by atoms with Crippen LogP contribution in [0, 0.1) is 6.92 Å². The largest absolute Gasteiger partial charge is 0.192 e. The van der Waals surface area contributed by atoms with E-state index in [0.29, 0.717) is 0 Å². The molecule has 0 atom stereocenters. The zero-order valence-electron chi connectivity index (χ0n) is 15.9. The van der Waals surface area contributed by atoms with Gasteiger partial charge < -0.3 is 0 Å². The molecule has 0 saturated heterocycles. The smallest absolute Gasteiger partial charge is 0.0880 e. The summed E-state index contributed by atoms with van der Waals surface area (Å²) in [5.41, 5.74) is 2.39. The quantitative estimate of drug-likeness (QED) is 0.274. The molecule has 136 valence electrons. The summed E-state index contributed by atoms with van der Waals surface area (Å²) in [5.74, 6) is 0. The van der Waals surface area contributed by atoms with Crippen LogP contribution in [0.1, 0.15) is 11.1 Å². The van der Waals surface area contributed by atoms with Crippen molar-refractivity contribution in [3.63, 3.8) is 0 Å². The van der Waals surface area contributed by atoms with Crippen molar-refractivity contribution in [1.82, 2.24) is 0 Å². The van der Waals surface area contributed by atoms with Gasteiger partial charge in [-0.2, -0.15) is 0 Å². The maximum absolute atomic E-state index is 6.31. The van der Waals surface area contributed by atoms with Crippen molar-refractivity contribution < 1.29 is 0 Å². The molecule has 0 nitrogen and oxygen atoms in total.